The molecule has 1 heterocycles. The minimum absolute atomic E-state index is 0.223. The van der Waals surface area contributed by atoms with Crippen molar-refractivity contribution in [2.24, 2.45) is 29.6 Å². The summed E-state index contributed by atoms with van der Waals surface area (Å²) >= 11 is 0. The number of urea groups is 1. The number of nitrogens with zero attached hydrogens (tertiary/aromatic N) is 1. The Morgan fingerprint density at radius 2 is 1.67 bits per heavy atom. The number of likely N-dealkylation sites (tertiary alicyclic amines) is 1. The second-order valence-corrected chi connectivity index (χ2v) is 7.13. The molecule has 100 valence electrons. The Morgan fingerprint density at radius 3 is 2.28 bits per heavy atom. The topological polar surface area (TPSA) is 32.3 Å². The van der Waals surface area contributed by atoms with E-state index < -0.39 is 0 Å². The molecular formula is C15H24N2O. The molecule has 1 N–H and O–H groups in total. The molecule has 4 fully saturated rings. The molecule has 2 bridgehead atoms. The molecule has 1 aliphatic heterocycles. The van der Waals surface area contributed by atoms with E-state index in [0.29, 0.717) is 6.04 Å². The molecule has 3 nitrogen and oxygen atoms in total. The van der Waals surface area contributed by atoms with E-state index in [1.807, 2.05) is 4.90 Å². The predicted molar refractivity (Wildman–Crippen MR) is 70.1 cm³/mol. The van der Waals surface area contributed by atoms with Crippen molar-refractivity contribution in [3.05, 3.63) is 0 Å². The lowest BCUT2D eigenvalue weighted by Crippen LogP contribution is -2.45. The molecule has 0 spiro atoms. The van der Waals surface area contributed by atoms with Gasteiger partial charge in [-0.15, -0.1) is 0 Å². The minimum atomic E-state index is 0.223. The van der Waals surface area contributed by atoms with Gasteiger partial charge in [-0.25, -0.2) is 4.79 Å². The number of hydrogen-bond donors (Lipinski definition) is 1. The van der Waals surface area contributed by atoms with Crippen LogP contribution in [0.3, 0.4) is 0 Å². The van der Waals surface area contributed by atoms with Crippen LogP contribution in [0.2, 0.25) is 0 Å². The van der Waals surface area contributed by atoms with Crippen molar-refractivity contribution < 1.29 is 4.79 Å². The highest BCUT2D eigenvalue weighted by atomic mass is 16.2. The SMILES string of the molecule is CC1CCN(C(=O)NC2C3C4CCC(C4)C23)CC1. The zero-order chi connectivity index (χ0) is 12.3. The molecule has 4 unspecified atom stereocenters. The molecule has 18 heavy (non-hydrogen) atoms. The molecular weight excluding hydrogens is 224 g/mol. The van der Waals surface area contributed by atoms with Gasteiger partial charge in [-0.1, -0.05) is 6.92 Å². The third kappa shape index (κ3) is 1.59. The smallest absolute Gasteiger partial charge is 0.317 e. The van der Waals surface area contributed by atoms with Crippen LogP contribution in [0.1, 0.15) is 39.0 Å². The van der Waals surface area contributed by atoms with Gasteiger partial charge in [-0.2, -0.15) is 0 Å². The van der Waals surface area contributed by atoms with Crippen LogP contribution in [-0.4, -0.2) is 30.1 Å². The predicted octanol–water partition coefficient (Wildman–Crippen LogP) is 2.47. The van der Waals surface area contributed by atoms with Gasteiger partial charge >= 0.3 is 6.03 Å². The molecule has 0 aromatic heterocycles. The second-order valence-electron chi connectivity index (χ2n) is 7.13. The van der Waals surface area contributed by atoms with Gasteiger partial charge in [0.25, 0.3) is 0 Å². The van der Waals surface area contributed by atoms with E-state index in [1.54, 1.807) is 0 Å². The molecule has 4 rings (SSSR count). The number of rotatable bonds is 1. The monoisotopic (exact) mass is 248 g/mol. The Labute approximate surface area is 109 Å². The second kappa shape index (κ2) is 3.88. The Hall–Kier alpha value is -0.730. The summed E-state index contributed by atoms with van der Waals surface area (Å²) in [4.78, 5) is 14.3. The molecule has 4 aliphatic rings. The number of fused-ring (bicyclic) bond motifs is 5. The van der Waals surface area contributed by atoms with Crippen LogP contribution < -0.4 is 5.32 Å². The zero-order valence-electron chi connectivity index (χ0n) is 11.3. The van der Waals surface area contributed by atoms with Crippen molar-refractivity contribution in [1.29, 1.82) is 0 Å². The van der Waals surface area contributed by atoms with Crippen molar-refractivity contribution in [2.45, 2.75) is 45.1 Å². The summed E-state index contributed by atoms with van der Waals surface area (Å²) in [6.07, 6.45) is 6.67. The Balaban J connectivity index is 1.32. The van der Waals surface area contributed by atoms with Gasteiger partial charge in [0.2, 0.25) is 0 Å². The van der Waals surface area contributed by atoms with Crippen LogP contribution in [-0.2, 0) is 0 Å². The number of carbonyl (C=O) groups excluding carboxylic acids is 1. The molecule has 0 radical (unpaired) electrons. The van der Waals surface area contributed by atoms with E-state index in [2.05, 4.69) is 12.2 Å². The van der Waals surface area contributed by atoms with Gasteiger partial charge in [0.05, 0.1) is 0 Å². The van der Waals surface area contributed by atoms with E-state index >= 15 is 0 Å². The van der Waals surface area contributed by atoms with Crippen molar-refractivity contribution >= 4 is 6.03 Å². The normalized spacial score (nSPS) is 46.1. The quantitative estimate of drug-likeness (QED) is 0.759. The van der Waals surface area contributed by atoms with Crippen molar-refractivity contribution in [3.63, 3.8) is 0 Å². The maximum Gasteiger partial charge on any atom is 0.317 e. The van der Waals surface area contributed by atoms with E-state index in [9.17, 15) is 4.79 Å². The maximum absolute atomic E-state index is 12.2. The Bertz CT molecular complexity index is 346. The van der Waals surface area contributed by atoms with E-state index in [4.69, 9.17) is 0 Å². The van der Waals surface area contributed by atoms with Gasteiger partial charge < -0.3 is 10.2 Å². The molecule has 0 aromatic carbocycles. The first-order chi connectivity index (χ1) is 8.74. The standard InChI is InChI=1S/C15H24N2O/c1-9-4-6-17(7-5-9)15(18)16-14-12-10-2-3-11(8-10)13(12)14/h9-14H,2-8H2,1H3,(H,16,18). The van der Waals surface area contributed by atoms with Gasteiger partial charge in [-0.05, 0) is 61.7 Å². The van der Waals surface area contributed by atoms with Crippen molar-refractivity contribution in [2.75, 3.05) is 13.1 Å². The third-order valence-corrected chi connectivity index (χ3v) is 6.10. The summed E-state index contributed by atoms with van der Waals surface area (Å²) in [7, 11) is 0. The lowest BCUT2D eigenvalue weighted by Gasteiger charge is -2.30. The summed E-state index contributed by atoms with van der Waals surface area (Å²) in [6, 6.07) is 0.767. The third-order valence-electron chi connectivity index (χ3n) is 6.10. The molecule has 3 aliphatic carbocycles. The number of amides is 2. The van der Waals surface area contributed by atoms with E-state index in [1.165, 1.54) is 32.1 Å². The van der Waals surface area contributed by atoms with Gasteiger partial charge in [-0.3, -0.25) is 0 Å². The van der Waals surface area contributed by atoms with Crippen molar-refractivity contribution in [1.82, 2.24) is 10.2 Å². The highest BCUT2D eigenvalue weighted by Gasteiger charge is 2.65. The summed E-state index contributed by atoms with van der Waals surface area (Å²) in [5, 5.41) is 3.33. The summed E-state index contributed by atoms with van der Waals surface area (Å²) < 4.78 is 0. The summed E-state index contributed by atoms with van der Waals surface area (Å²) in [6.45, 7) is 4.21. The first kappa shape index (κ1) is 11.1. The van der Waals surface area contributed by atoms with Gasteiger partial charge in [0.1, 0.15) is 0 Å². The molecule has 0 aromatic rings. The average molecular weight is 248 g/mol. The van der Waals surface area contributed by atoms with Gasteiger partial charge in [0, 0.05) is 19.1 Å². The lowest BCUT2D eigenvalue weighted by atomic mass is 10.00. The van der Waals surface area contributed by atoms with Gasteiger partial charge in [0.15, 0.2) is 0 Å². The first-order valence-electron chi connectivity index (χ1n) is 7.79. The molecule has 1 saturated heterocycles. The molecule has 2 amide bonds. The Morgan fingerprint density at radius 1 is 1.06 bits per heavy atom. The van der Waals surface area contributed by atoms with E-state index in [-0.39, 0.29) is 6.03 Å². The minimum Gasteiger partial charge on any atom is -0.335 e. The fraction of sp³-hybridized carbons (Fsp3) is 0.933. The van der Waals surface area contributed by atoms with Crippen LogP contribution in [0.4, 0.5) is 4.79 Å². The van der Waals surface area contributed by atoms with Crippen LogP contribution in [0.15, 0.2) is 0 Å². The number of piperidine rings is 1. The first-order valence-corrected chi connectivity index (χ1v) is 7.79. The van der Waals surface area contributed by atoms with Crippen LogP contribution in [0.25, 0.3) is 0 Å². The van der Waals surface area contributed by atoms with Crippen LogP contribution in [0.5, 0.6) is 0 Å². The summed E-state index contributed by atoms with van der Waals surface area (Å²) in [5.41, 5.74) is 0. The van der Waals surface area contributed by atoms with Crippen LogP contribution >= 0.6 is 0 Å². The Kier molecular flexibility index (Phi) is 2.40. The van der Waals surface area contributed by atoms with E-state index in [0.717, 1.165) is 42.7 Å². The lowest BCUT2D eigenvalue weighted by molar-refractivity contribution is 0.172. The molecule has 3 heteroatoms. The fourth-order valence-electron chi connectivity index (χ4n) is 4.96. The number of carbonyl (C=O) groups is 1. The maximum atomic E-state index is 12.2. The fourth-order valence-corrected chi connectivity index (χ4v) is 4.96. The molecule has 4 atom stereocenters. The number of hydrogen-bond acceptors (Lipinski definition) is 1. The van der Waals surface area contributed by atoms with Crippen LogP contribution in [0, 0.1) is 29.6 Å². The average Bonchev–Trinajstić information content (AvgIpc) is 2.78. The van der Waals surface area contributed by atoms with Crippen molar-refractivity contribution in [3.8, 4) is 0 Å². The highest BCUT2D eigenvalue weighted by molar-refractivity contribution is 5.75. The highest BCUT2D eigenvalue weighted by Crippen LogP contribution is 2.65. The zero-order valence-corrected chi connectivity index (χ0v) is 11.3. The molecule has 3 saturated carbocycles. The largest absolute Gasteiger partial charge is 0.335 e. The number of nitrogens with one attached hydrogen (secondary N) is 1. The summed E-state index contributed by atoms with van der Waals surface area (Å²) in [5.74, 6) is 4.41.